The van der Waals surface area contributed by atoms with Crippen molar-refractivity contribution in [2.24, 2.45) is 5.92 Å². The summed E-state index contributed by atoms with van der Waals surface area (Å²) in [7, 11) is -3.95. The van der Waals surface area contributed by atoms with Gasteiger partial charge in [0.1, 0.15) is 0 Å². The first kappa shape index (κ1) is 33.2. The van der Waals surface area contributed by atoms with Crippen LogP contribution in [0.4, 0.5) is 15.3 Å². The maximum absolute atomic E-state index is 13.6. The number of ether oxygens (including phenoxy) is 2. The Morgan fingerprint density at radius 3 is 2.42 bits per heavy atom. The predicted octanol–water partition coefficient (Wildman–Crippen LogP) is 5.60. The van der Waals surface area contributed by atoms with Crippen LogP contribution in [-0.4, -0.2) is 63.0 Å². The fraction of sp³-hybridized carbons (Fsp3) is 0.633. The molecule has 2 fully saturated rings. The van der Waals surface area contributed by atoms with Crippen LogP contribution in [0, 0.1) is 5.92 Å². The Morgan fingerprint density at radius 2 is 1.77 bits per heavy atom. The van der Waals surface area contributed by atoms with E-state index in [-0.39, 0.29) is 29.1 Å². The standard InChI is InChI=1S/C30H45N5O6S2/c1-19(2)41-29(37)33-22-8-6-21(7-9-22)27-32-17-25(42-27)24-11-10-23(16-26(24)43(38,39)35-30(3,4)5)34-28(36)40-18-20-12-14-31-15-13-20/h10-11,16-17,19-22,31,35H,6-9,12-15,18H2,1-5H3,(H,33,37)(H,34,36). The van der Waals surface area contributed by atoms with Crippen molar-refractivity contribution in [2.75, 3.05) is 25.0 Å². The summed E-state index contributed by atoms with van der Waals surface area (Å²) in [5.74, 6) is 0.538. The van der Waals surface area contributed by atoms with E-state index < -0.39 is 21.7 Å². The van der Waals surface area contributed by atoms with E-state index in [0.29, 0.717) is 23.8 Å². The molecule has 1 aliphatic heterocycles. The van der Waals surface area contributed by atoms with Crippen molar-refractivity contribution in [1.82, 2.24) is 20.3 Å². The quantitative estimate of drug-likeness (QED) is 0.279. The number of sulfonamides is 1. The molecule has 1 aromatic carbocycles. The maximum Gasteiger partial charge on any atom is 0.411 e. The molecule has 2 amide bonds. The number of alkyl carbamates (subject to hydrolysis) is 1. The van der Waals surface area contributed by atoms with Gasteiger partial charge in [0, 0.05) is 34.9 Å². The number of hydrogen-bond acceptors (Lipinski definition) is 9. The lowest BCUT2D eigenvalue weighted by atomic mass is 9.86. The number of benzene rings is 1. The van der Waals surface area contributed by atoms with Crippen LogP contribution in [0.5, 0.6) is 0 Å². The van der Waals surface area contributed by atoms with Crippen molar-refractivity contribution in [1.29, 1.82) is 0 Å². The highest BCUT2D eigenvalue weighted by molar-refractivity contribution is 7.89. The lowest BCUT2D eigenvalue weighted by Crippen LogP contribution is -2.40. The van der Waals surface area contributed by atoms with E-state index in [1.807, 2.05) is 13.8 Å². The molecule has 1 aromatic heterocycles. The zero-order chi connectivity index (χ0) is 31.2. The van der Waals surface area contributed by atoms with Crippen LogP contribution >= 0.6 is 11.3 Å². The SMILES string of the molecule is CC(C)OC(=O)NC1CCC(c2ncc(-c3ccc(NC(=O)OCC4CCNCC4)cc3S(=O)(=O)NC(C)(C)C)s2)CC1. The van der Waals surface area contributed by atoms with E-state index in [0.717, 1.165) is 61.5 Å². The second-order valence-corrected chi connectivity index (χ2v) is 15.4. The highest BCUT2D eigenvalue weighted by Gasteiger charge is 2.29. The van der Waals surface area contributed by atoms with Gasteiger partial charge in [-0.3, -0.25) is 5.32 Å². The van der Waals surface area contributed by atoms with Crippen molar-refractivity contribution in [2.45, 2.75) is 102 Å². The van der Waals surface area contributed by atoms with Crippen LogP contribution < -0.4 is 20.7 Å². The number of carbonyl (C=O) groups excluding carboxylic acids is 2. The first-order chi connectivity index (χ1) is 20.3. The molecule has 1 saturated heterocycles. The highest BCUT2D eigenvalue weighted by atomic mass is 32.2. The van der Waals surface area contributed by atoms with Gasteiger partial charge in [0.15, 0.2) is 0 Å². The van der Waals surface area contributed by atoms with Gasteiger partial charge in [0.2, 0.25) is 10.0 Å². The van der Waals surface area contributed by atoms with Gasteiger partial charge in [0.25, 0.3) is 0 Å². The van der Waals surface area contributed by atoms with Gasteiger partial charge in [-0.15, -0.1) is 11.3 Å². The minimum atomic E-state index is -3.95. The Kier molecular flexibility index (Phi) is 11.1. The number of anilines is 1. The molecule has 4 N–H and O–H groups in total. The lowest BCUT2D eigenvalue weighted by molar-refractivity contribution is 0.109. The van der Waals surface area contributed by atoms with Gasteiger partial charge < -0.3 is 20.1 Å². The minimum Gasteiger partial charge on any atom is -0.449 e. The summed E-state index contributed by atoms with van der Waals surface area (Å²) in [4.78, 5) is 30.0. The average molecular weight is 636 g/mol. The number of hydrogen-bond donors (Lipinski definition) is 4. The summed E-state index contributed by atoms with van der Waals surface area (Å²) < 4.78 is 40.6. The van der Waals surface area contributed by atoms with Gasteiger partial charge in [-0.25, -0.2) is 27.7 Å². The molecule has 0 atom stereocenters. The van der Waals surface area contributed by atoms with Crippen LogP contribution in [0.3, 0.4) is 0 Å². The third-order valence-electron chi connectivity index (χ3n) is 7.40. The van der Waals surface area contributed by atoms with E-state index in [2.05, 4.69) is 25.7 Å². The van der Waals surface area contributed by atoms with Gasteiger partial charge >= 0.3 is 12.2 Å². The van der Waals surface area contributed by atoms with Gasteiger partial charge in [-0.1, -0.05) is 6.07 Å². The molecule has 11 nitrogen and oxygen atoms in total. The molecule has 0 bridgehead atoms. The van der Waals surface area contributed by atoms with Crippen LogP contribution in [-0.2, 0) is 19.5 Å². The molecular formula is C30H45N5O6S2. The van der Waals surface area contributed by atoms with Crippen molar-refractivity contribution in [3.05, 3.63) is 29.4 Å². The number of thiazole rings is 1. The summed E-state index contributed by atoms with van der Waals surface area (Å²) in [6.07, 6.45) is 5.80. The van der Waals surface area contributed by atoms with Gasteiger partial charge in [0.05, 0.1) is 27.5 Å². The number of carbonyl (C=O) groups is 2. The van der Waals surface area contributed by atoms with Gasteiger partial charge in [-0.05, 0) is 104 Å². The molecule has 1 saturated carbocycles. The minimum absolute atomic E-state index is 0.0605. The van der Waals surface area contributed by atoms with E-state index in [9.17, 15) is 18.0 Å². The Balaban J connectivity index is 1.48. The molecule has 4 rings (SSSR count). The topological polar surface area (TPSA) is 148 Å². The largest absolute Gasteiger partial charge is 0.449 e. The molecule has 13 heteroatoms. The van der Waals surface area contributed by atoms with E-state index in [4.69, 9.17) is 9.47 Å². The number of piperidine rings is 1. The third kappa shape index (κ3) is 9.88. The first-order valence-electron chi connectivity index (χ1n) is 15.0. The van der Waals surface area contributed by atoms with E-state index >= 15 is 0 Å². The second kappa shape index (κ2) is 14.4. The molecule has 43 heavy (non-hydrogen) atoms. The zero-order valence-corrected chi connectivity index (χ0v) is 27.3. The fourth-order valence-corrected chi connectivity index (χ4v) is 8.24. The molecule has 2 aliphatic rings. The molecule has 2 aromatic rings. The highest BCUT2D eigenvalue weighted by Crippen LogP contribution is 2.40. The van der Waals surface area contributed by atoms with Crippen LogP contribution in [0.2, 0.25) is 0 Å². The summed E-state index contributed by atoms with van der Waals surface area (Å²) in [5, 5.41) is 9.87. The number of aromatic nitrogens is 1. The molecule has 238 valence electrons. The third-order valence-corrected chi connectivity index (χ3v) is 10.4. The summed E-state index contributed by atoms with van der Waals surface area (Å²) >= 11 is 1.48. The smallest absolute Gasteiger partial charge is 0.411 e. The van der Waals surface area contributed by atoms with Crippen molar-refractivity contribution >= 4 is 39.2 Å². The zero-order valence-electron chi connectivity index (χ0n) is 25.7. The van der Waals surface area contributed by atoms with Crippen molar-refractivity contribution in [3.63, 3.8) is 0 Å². The molecule has 1 aliphatic carbocycles. The average Bonchev–Trinajstić information content (AvgIpc) is 3.41. The van der Waals surface area contributed by atoms with Crippen LogP contribution in [0.15, 0.2) is 29.3 Å². The number of nitrogens with zero attached hydrogens (tertiary/aromatic N) is 1. The predicted molar refractivity (Wildman–Crippen MR) is 168 cm³/mol. The molecule has 0 spiro atoms. The molecule has 0 radical (unpaired) electrons. The van der Waals surface area contributed by atoms with E-state index in [1.54, 1.807) is 39.1 Å². The fourth-order valence-electron chi connectivity index (χ4n) is 5.38. The Bertz CT molecular complexity index is 1360. The number of nitrogens with one attached hydrogen (secondary N) is 4. The Labute approximate surface area is 259 Å². The summed E-state index contributed by atoms with van der Waals surface area (Å²) in [6.45, 7) is 11.1. The van der Waals surface area contributed by atoms with E-state index in [1.165, 1.54) is 17.4 Å². The molecule has 2 heterocycles. The van der Waals surface area contributed by atoms with Crippen molar-refractivity contribution < 1.29 is 27.5 Å². The van der Waals surface area contributed by atoms with Gasteiger partial charge in [-0.2, -0.15) is 0 Å². The van der Waals surface area contributed by atoms with Crippen molar-refractivity contribution in [3.8, 4) is 10.4 Å². The second-order valence-electron chi connectivity index (χ2n) is 12.7. The monoisotopic (exact) mass is 635 g/mol. The molecule has 0 unspecified atom stereocenters. The summed E-state index contributed by atoms with van der Waals surface area (Å²) in [6, 6.07) is 4.93. The first-order valence-corrected chi connectivity index (χ1v) is 17.3. The number of rotatable bonds is 9. The number of amides is 2. The lowest BCUT2D eigenvalue weighted by Gasteiger charge is -2.28. The Hall–Kier alpha value is -2.74. The van der Waals surface area contributed by atoms with Crippen LogP contribution in [0.25, 0.3) is 10.4 Å². The van der Waals surface area contributed by atoms with Crippen LogP contribution in [0.1, 0.15) is 84.1 Å². The molecular weight excluding hydrogens is 590 g/mol. The Morgan fingerprint density at radius 1 is 1.07 bits per heavy atom. The maximum atomic E-state index is 13.6. The normalized spacial score (nSPS) is 20.0. The summed E-state index contributed by atoms with van der Waals surface area (Å²) in [5.41, 5.74) is 0.140.